The third-order valence-corrected chi connectivity index (χ3v) is 11.2. The van der Waals surface area contributed by atoms with Crippen LogP contribution in [-0.2, 0) is 34.8 Å². The summed E-state index contributed by atoms with van der Waals surface area (Å²) in [6, 6.07) is 7.26. The number of carbonyl (C=O) groups excluding carboxylic acids is 2. The second-order valence-electron chi connectivity index (χ2n) is 12.0. The molecule has 9 heteroatoms. The highest BCUT2D eigenvalue weighted by atomic mass is 28.4. The molecule has 1 fully saturated rings. The number of esters is 1. The van der Waals surface area contributed by atoms with Gasteiger partial charge in [-0.1, -0.05) is 45.0 Å². The third-order valence-electron chi connectivity index (χ3n) is 6.62. The van der Waals surface area contributed by atoms with Crippen LogP contribution in [0.4, 0.5) is 4.79 Å². The lowest BCUT2D eigenvalue weighted by atomic mass is 9.98. The maximum absolute atomic E-state index is 13.3. The van der Waals surface area contributed by atoms with Crippen molar-refractivity contribution in [3.63, 3.8) is 0 Å². The maximum atomic E-state index is 13.3. The highest BCUT2D eigenvalue weighted by Gasteiger charge is 2.47. The average molecular weight is 524 g/mol. The molecule has 1 saturated heterocycles. The molecule has 0 radical (unpaired) electrons. The molecule has 36 heavy (non-hydrogen) atoms. The van der Waals surface area contributed by atoms with E-state index in [1.807, 2.05) is 45.0 Å². The summed E-state index contributed by atoms with van der Waals surface area (Å²) in [7, 11) is -0.515. The summed E-state index contributed by atoms with van der Waals surface area (Å²) >= 11 is 0. The number of likely N-dealkylation sites (tertiary alicyclic amines) is 1. The monoisotopic (exact) mass is 523 g/mol. The summed E-state index contributed by atoms with van der Waals surface area (Å²) in [5.74, 6) is -0.412. The zero-order valence-corrected chi connectivity index (χ0v) is 24.7. The molecule has 1 unspecified atom stereocenters. The van der Waals surface area contributed by atoms with Crippen molar-refractivity contribution in [1.82, 2.24) is 4.90 Å². The molecule has 1 aliphatic heterocycles. The van der Waals surface area contributed by atoms with Gasteiger partial charge in [-0.05, 0) is 56.5 Å². The first kappa shape index (κ1) is 30.3. The van der Waals surface area contributed by atoms with Crippen LogP contribution >= 0.6 is 0 Å². The molecule has 0 aliphatic carbocycles. The molecular formula is C27H45NO7Si. The summed E-state index contributed by atoms with van der Waals surface area (Å²) in [5, 5.41) is 0.0256. The fourth-order valence-corrected chi connectivity index (χ4v) is 5.27. The zero-order chi connectivity index (χ0) is 27.3. The molecule has 0 N–H and O–H groups in total. The van der Waals surface area contributed by atoms with E-state index in [4.69, 9.17) is 23.4 Å². The molecule has 1 aromatic rings. The van der Waals surface area contributed by atoms with Crippen LogP contribution in [0.15, 0.2) is 24.3 Å². The number of amides is 1. The van der Waals surface area contributed by atoms with Gasteiger partial charge < -0.3 is 23.4 Å². The normalized spacial score (nSPS) is 19.8. The summed E-state index contributed by atoms with van der Waals surface area (Å²) in [6.45, 7) is 18.9. The van der Waals surface area contributed by atoms with Crippen molar-refractivity contribution in [2.45, 2.75) is 103 Å². The molecule has 0 spiro atoms. The minimum Gasteiger partial charge on any atom is -0.455 e. The number of benzene rings is 1. The molecule has 0 aromatic heterocycles. The van der Waals surface area contributed by atoms with Gasteiger partial charge in [0.2, 0.25) is 0 Å². The van der Waals surface area contributed by atoms with E-state index in [0.717, 1.165) is 11.1 Å². The highest BCUT2D eigenvalue weighted by molar-refractivity contribution is 6.74. The largest absolute Gasteiger partial charge is 0.455 e. The van der Waals surface area contributed by atoms with Crippen LogP contribution in [0.5, 0.6) is 0 Å². The zero-order valence-electron chi connectivity index (χ0n) is 23.7. The first-order valence-electron chi connectivity index (χ1n) is 12.5. The number of hydrogen-bond donors (Lipinski definition) is 0. The topological polar surface area (TPSA) is 83.5 Å². The minimum absolute atomic E-state index is 0.0256. The lowest BCUT2D eigenvalue weighted by Gasteiger charge is -2.38. The Balaban J connectivity index is 2.37. The molecule has 8 nitrogen and oxygen atoms in total. The maximum Gasteiger partial charge on any atom is 0.410 e. The van der Waals surface area contributed by atoms with Crippen LogP contribution in [-0.4, -0.2) is 63.5 Å². The van der Waals surface area contributed by atoms with Gasteiger partial charge in [0.25, 0.3) is 0 Å². The Bertz CT molecular complexity index is 874. The van der Waals surface area contributed by atoms with E-state index in [2.05, 4.69) is 33.9 Å². The van der Waals surface area contributed by atoms with Gasteiger partial charge in [-0.15, -0.1) is 0 Å². The molecule has 204 valence electrons. The van der Waals surface area contributed by atoms with Crippen molar-refractivity contribution in [3.05, 3.63) is 35.4 Å². The van der Waals surface area contributed by atoms with E-state index in [0.29, 0.717) is 19.6 Å². The Labute approximate surface area is 217 Å². The molecule has 1 aromatic carbocycles. The fourth-order valence-electron chi connectivity index (χ4n) is 3.92. The van der Waals surface area contributed by atoms with Gasteiger partial charge in [-0.3, -0.25) is 9.69 Å². The number of methoxy groups -OCH3 is 1. The molecule has 2 rings (SSSR count). The van der Waals surface area contributed by atoms with Crippen molar-refractivity contribution >= 4 is 20.4 Å². The van der Waals surface area contributed by atoms with Crippen LogP contribution in [0.2, 0.25) is 18.1 Å². The van der Waals surface area contributed by atoms with E-state index in [1.165, 1.54) is 6.92 Å². The van der Waals surface area contributed by atoms with Crippen LogP contribution < -0.4 is 0 Å². The van der Waals surface area contributed by atoms with E-state index in [-0.39, 0.29) is 17.9 Å². The Hall–Kier alpha value is -1.94. The van der Waals surface area contributed by atoms with Crippen molar-refractivity contribution in [2.24, 2.45) is 0 Å². The first-order valence-corrected chi connectivity index (χ1v) is 15.4. The molecule has 0 saturated carbocycles. The SMILES string of the molecule is COCOCc1ccc(C(OC(C)=O)[C@@H]2C[C@@H](O[Si](C)(C)C(C)(C)C)CN2C(=O)OC(C)(C)C)cc1. The molecule has 1 heterocycles. The van der Waals surface area contributed by atoms with Crippen LogP contribution in [0, 0.1) is 0 Å². The fraction of sp³-hybridized carbons (Fsp3) is 0.704. The number of ether oxygens (including phenoxy) is 4. The molecule has 3 atom stereocenters. The quantitative estimate of drug-likeness (QED) is 0.175. The van der Waals surface area contributed by atoms with Gasteiger partial charge in [0.1, 0.15) is 18.5 Å². The Kier molecular flexibility index (Phi) is 10.2. The smallest absolute Gasteiger partial charge is 0.410 e. The van der Waals surface area contributed by atoms with Gasteiger partial charge in [-0.25, -0.2) is 4.79 Å². The van der Waals surface area contributed by atoms with Crippen LogP contribution in [0.25, 0.3) is 0 Å². The van der Waals surface area contributed by atoms with Gasteiger partial charge in [0.15, 0.2) is 8.32 Å². The van der Waals surface area contributed by atoms with Crippen molar-refractivity contribution in [1.29, 1.82) is 0 Å². The second-order valence-corrected chi connectivity index (χ2v) is 16.7. The standard InChI is InChI=1S/C27H45NO7Si/c1-19(29)33-24(21-13-11-20(12-14-21)17-32-18-31-8)23-15-22(35-36(9,10)27(5,6)7)16-28(23)25(30)34-26(2,3)4/h11-14,22-24H,15-18H2,1-10H3/t22-,23+,24?/m1/s1. The average Bonchev–Trinajstić information content (AvgIpc) is 3.13. The van der Waals surface area contributed by atoms with Crippen molar-refractivity contribution < 1.29 is 33.0 Å². The van der Waals surface area contributed by atoms with Crippen LogP contribution in [0.1, 0.15) is 72.1 Å². The van der Waals surface area contributed by atoms with E-state index >= 15 is 0 Å². The number of carbonyl (C=O) groups is 2. The van der Waals surface area contributed by atoms with Gasteiger partial charge >= 0.3 is 12.1 Å². The van der Waals surface area contributed by atoms with Gasteiger partial charge in [-0.2, -0.15) is 0 Å². The highest BCUT2D eigenvalue weighted by Crippen LogP contribution is 2.41. The third kappa shape index (κ3) is 8.57. The number of rotatable bonds is 9. The van der Waals surface area contributed by atoms with Gasteiger partial charge in [0, 0.05) is 20.6 Å². The van der Waals surface area contributed by atoms with E-state index in [1.54, 1.807) is 12.0 Å². The summed E-state index contributed by atoms with van der Waals surface area (Å²) in [4.78, 5) is 27.1. The van der Waals surface area contributed by atoms with E-state index < -0.39 is 38.1 Å². The van der Waals surface area contributed by atoms with Crippen molar-refractivity contribution in [3.8, 4) is 0 Å². The number of hydrogen-bond acceptors (Lipinski definition) is 7. The molecule has 1 amide bonds. The van der Waals surface area contributed by atoms with Crippen molar-refractivity contribution in [2.75, 3.05) is 20.4 Å². The van der Waals surface area contributed by atoms with Crippen LogP contribution in [0.3, 0.4) is 0 Å². The second kappa shape index (κ2) is 12.1. The Morgan fingerprint density at radius 2 is 1.69 bits per heavy atom. The predicted octanol–water partition coefficient (Wildman–Crippen LogP) is 5.81. The summed E-state index contributed by atoms with van der Waals surface area (Å²) in [6.07, 6.45) is -0.724. The Morgan fingerprint density at radius 3 is 2.19 bits per heavy atom. The molecule has 1 aliphatic rings. The molecule has 0 bridgehead atoms. The lowest BCUT2D eigenvalue weighted by Crippen LogP contribution is -2.45. The summed E-state index contributed by atoms with van der Waals surface area (Å²) in [5.41, 5.74) is 1.11. The van der Waals surface area contributed by atoms with Gasteiger partial charge in [0.05, 0.1) is 18.8 Å². The summed E-state index contributed by atoms with van der Waals surface area (Å²) < 4.78 is 28.6. The van der Waals surface area contributed by atoms with E-state index in [9.17, 15) is 9.59 Å². The minimum atomic E-state index is -2.09. The lowest BCUT2D eigenvalue weighted by molar-refractivity contribution is -0.150. The first-order chi connectivity index (χ1) is 16.5. The Morgan fingerprint density at radius 1 is 1.08 bits per heavy atom. The predicted molar refractivity (Wildman–Crippen MR) is 141 cm³/mol. The number of nitrogens with zero attached hydrogens (tertiary/aromatic N) is 1. The molecular weight excluding hydrogens is 478 g/mol.